The summed E-state index contributed by atoms with van der Waals surface area (Å²) in [5, 5.41) is 1.13. The average molecular weight is 359 g/mol. The zero-order valence-corrected chi connectivity index (χ0v) is 15.6. The fourth-order valence-corrected chi connectivity index (χ4v) is 4.65. The predicted octanol–water partition coefficient (Wildman–Crippen LogP) is 4.10. The van der Waals surface area contributed by atoms with Gasteiger partial charge in [-0.3, -0.25) is 4.79 Å². The summed E-state index contributed by atoms with van der Waals surface area (Å²) >= 11 is 0. The lowest BCUT2D eigenvalue weighted by Crippen LogP contribution is -2.52. The molecule has 1 saturated heterocycles. The summed E-state index contributed by atoms with van der Waals surface area (Å²) in [6.45, 7) is 5.99. The van der Waals surface area contributed by atoms with Crippen molar-refractivity contribution in [1.29, 1.82) is 0 Å². The molecule has 3 aromatic rings. The van der Waals surface area contributed by atoms with E-state index >= 15 is 0 Å². The van der Waals surface area contributed by atoms with E-state index in [1.165, 1.54) is 4.90 Å². The first-order chi connectivity index (χ1) is 12.9. The topological polar surface area (TPSA) is 56.4 Å². The number of carbonyl (C=O) groups excluding carboxylic acids is 2. The highest BCUT2D eigenvalue weighted by molar-refractivity contribution is 6.22. The Labute approximate surface area is 157 Å². The standard InChI is InChI=1S/C22H21N3O2/c1-13-7-6-8-14(11-13)24-20(26)18-12-16-15-9-4-5-10-17(15)23-19(16)22(2,3)25(18)21(24)27/h4-11,18,23H,12H2,1-3H3/t18-/m1/s1. The van der Waals surface area contributed by atoms with Crippen molar-refractivity contribution >= 4 is 28.5 Å². The Morgan fingerprint density at radius 2 is 1.85 bits per heavy atom. The molecule has 0 radical (unpaired) electrons. The number of aromatic nitrogens is 1. The van der Waals surface area contributed by atoms with Gasteiger partial charge < -0.3 is 9.88 Å². The molecule has 2 aliphatic heterocycles. The normalized spacial score (nSPS) is 20.9. The average Bonchev–Trinajstić information content (AvgIpc) is 3.12. The molecular formula is C22H21N3O2. The first kappa shape index (κ1) is 16.1. The molecule has 0 unspecified atom stereocenters. The third-order valence-electron chi connectivity index (χ3n) is 5.90. The summed E-state index contributed by atoms with van der Waals surface area (Å²) in [6.07, 6.45) is 0.537. The molecule has 1 N–H and O–H groups in total. The van der Waals surface area contributed by atoms with Crippen LogP contribution < -0.4 is 4.90 Å². The summed E-state index contributed by atoms with van der Waals surface area (Å²) < 4.78 is 0. The molecule has 136 valence electrons. The van der Waals surface area contributed by atoms with E-state index < -0.39 is 11.6 Å². The summed E-state index contributed by atoms with van der Waals surface area (Å²) in [4.78, 5) is 33.2. The van der Waals surface area contributed by atoms with Crippen LogP contribution in [-0.4, -0.2) is 27.9 Å². The number of aryl methyl sites for hydroxylation is 1. The van der Waals surface area contributed by atoms with E-state index in [-0.39, 0.29) is 11.9 Å². The van der Waals surface area contributed by atoms with E-state index in [4.69, 9.17) is 0 Å². The molecule has 1 aromatic heterocycles. The molecule has 0 bridgehead atoms. The number of fused-ring (bicyclic) bond motifs is 4. The monoisotopic (exact) mass is 359 g/mol. The van der Waals surface area contributed by atoms with Crippen molar-refractivity contribution < 1.29 is 9.59 Å². The van der Waals surface area contributed by atoms with Crippen molar-refractivity contribution in [2.45, 2.75) is 38.8 Å². The van der Waals surface area contributed by atoms with E-state index in [1.54, 1.807) is 4.90 Å². The van der Waals surface area contributed by atoms with E-state index in [0.717, 1.165) is 27.7 Å². The molecule has 2 aliphatic rings. The third-order valence-corrected chi connectivity index (χ3v) is 5.90. The van der Waals surface area contributed by atoms with Crippen LogP contribution in [0.3, 0.4) is 0 Å². The van der Waals surface area contributed by atoms with Crippen LogP contribution in [0.5, 0.6) is 0 Å². The summed E-state index contributed by atoms with van der Waals surface area (Å²) in [7, 11) is 0. The molecule has 1 atom stereocenters. The Bertz CT molecular complexity index is 1110. The van der Waals surface area contributed by atoms with Crippen LogP contribution in [-0.2, 0) is 16.8 Å². The fraction of sp³-hybridized carbons (Fsp3) is 0.273. The van der Waals surface area contributed by atoms with Crippen LogP contribution in [0.2, 0.25) is 0 Å². The molecule has 2 aromatic carbocycles. The van der Waals surface area contributed by atoms with Crippen LogP contribution in [0.1, 0.15) is 30.7 Å². The Balaban J connectivity index is 1.66. The van der Waals surface area contributed by atoms with Gasteiger partial charge in [-0.1, -0.05) is 30.3 Å². The number of rotatable bonds is 1. The molecule has 3 amide bonds. The highest BCUT2D eigenvalue weighted by Crippen LogP contribution is 2.45. The lowest BCUT2D eigenvalue weighted by Gasteiger charge is -2.42. The molecule has 0 saturated carbocycles. The van der Waals surface area contributed by atoms with Crippen molar-refractivity contribution in [2.24, 2.45) is 0 Å². The minimum atomic E-state index is -0.595. The van der Waals surface area contributed by atoms with Crippen molar-refractivity contribution in [3.8, 4) is 0 Å². The third kappa shape index (κ3) is 2.05. The Morgan fingerprint density at radius 3 is 2.63 bits per heavy atom. The second-order valence-electron chi connectivity index (χ2n) is 7.97. The summed E-state index contributed by atoms with van der Waals surface area (Å²) in [5.41, 5.74) is 4.28. The van der Waals surface area contributed by atoms with Gasteiger partial charge in [0.1, 0.15) is 6.04 Å². The van der Waals surface area contributed by atoms with Crippen LogP contribution in [0.25, 0.3) is 10.9 Å². The Hall–Kier alpha value is -3.08. The second kappa shape index (κ2) is 5.22. The SMILES string of the molecule is Cc1cccc(N2C(=O)[C@H]3Cc4c([nH]c5ccccc45)C(C)(C)N3C2=O)c1. The van der Waals surface area contributed by atoms with Crippen LogP contribution in [0.15, 0.2) is 48.5 Å². The zero-order chi connectivity index (χ0) is 18.9. The van der Waals surface area contributed by atoms with Gasteiger partial charge in [-0.25, -0.2) is 9.69 Å². The first-order valence-corrected chi connectivity index (χ1v) is 9.23. The number of hydrogen-bond acceptors (Lipinski definition) is 2. The fourth-order valence-electron chi connectivity index (χ4n) is 4.65. The summed E-state index contributed by atoms with van der Waals surface area (Å²) in [6, 6.07) is 15.0. The zero-order valence-electron chi connectivity index (χ0n) is 15.6. The van der Waals surface area contributed by atoms with Crippen LogP contribution in [0.4, 0.5) is 10.5 Å². The number of anilines is 1. The molecule has 0 spiro atoms. The van der Waals surface area contributed by atoms with Gasteiger partial charge in [-0.15, -0.1) is 0 Å². The van der Waals surface area contributed by atoms with Gasteiger partial charge in [-0.2, -0.15) is 0 Å². The van der Waals surface area contributed by atoms with E-state index in [1.807, 2.05) is 63.2 Å². The number of para-hydroxylation sites is 1. The first-order valence-electron chi connectivity index (χ1n) is 9.23. The van der Waals surface area contributed by atoms with Gasteiger partial charge in [0.2, 0.25) is 0 Å². The van der Waals surface area contributed by atoms with Gasteiger partial charge in [0.25, 0.3) is 5.91 Å². The second-order valence-corrected chi connectivity index (χ2v) is 7.97. The summed E-state index contributed by atoms with van der Waals surface area (Å²) in [5.74, 6) is -0.144. The quantitative estimate of drug-likeness (QED) is 0.665. The predicted molar refractivity (Wildman–Crippen MR) is 105 cm³/mol. The number of hydrogen-bond donors (Lipinski definition) is 1. The van der Waals surface area contributed by atoms with Crippen molar-refractivity contribution in [2.75, 3.05) is 4.90 Å². The highest BCUT2D eigenvalue weighted by atomic mass is 16.2. The number of carbonyl (C=O) groups is 2. The molecule has 3 heterocycles. The van der Waals surface area contributed by atoms with Gasteiger partial charge >= 0.3 is 6.03 Å². The number of nitrogens with one attached hydrogen (secondary N) is 1. The van der Waals surface area contributed by atoms with Crippen LogP contribution in [0, 0.1) is 6.92 Å². The molecule has 0 aliphatic carbocycles. The number of benzene rings is 2. The van der Waals surface area contributed by atoms with Gasteiger partial charge in [0.15, 0.2) is 0 Å². The molecule has 5 heteroatoms. The molecular weight excluding hydrogens is 338 g/mol. The van der Waals surface area contributed by atoms with Crippen molar-refractivity contribution in [3.05, 3.63) is 65.4 Å². The van der Waals surface area contributed by atoms with Crippen molar-refractivity contribution in [3.63, 3.8) is 0 Å². The number of nitrogens with zero attached hydrogens (tertiary/aromatic N) is 2. The maximum atomic E-state index is 13.3. The number of H-pyrrole nitrogens is 1. The Morgan fingerprint density at radius 1 is 1.07 bits per heavy atom. The highest BCUT2D eigenvalue weighted by Gasteiger charge is 2.55. The minimum absolute atomic E-state index is 0.144. The lowest BCUT2D eigenvalue weighted by atomic mass is 9.85. The number of urea groups is 1. The largest absolute Gasteiger partial charge is 0.356 e. The number of amides is 3. The smallest absolute Gasteiger partial charge is 0.332 e. The van der Waals surface area contributed by atoms with E-state index in [2.05, 4.69) is 11.1 Å². The van der Waals surface area contributed by atoms with Crippen molar-refractivity contribution in [1.82, 2.24) is 9.88 Å². The van der Waals surface area contributed by atoms with Gasteiger partial charge in [-0.05, 0) is 50.1 Å². The van der Waals surface area contributed by atoms with Gasteiger partial charge in [0.05, 0.1) is 11.2 Å². The van der Waals surface area contributed by atoms with Crippen LogP contribution >= 0.6 is 0 Å². The van der Waals surface area contributed by atoms with E-state index in [0.29, 0.717) is 12.1 Å². The number of aromatic amines is 1. The lowest BCUT2D eigenvalue weighted by molar-refractivity contribution is -0.121. The van der Waals surface area contributed by atoms with Gasteiger partial charge in [0, 0.05) is 23.0 Å². The molecule has 5 rings (SSSR count). The molecule has 5 nitrogen and oxygen atoms in total. The molecule has 27 heavy (non-hydrogen) atoms. The number of imide groups is 1. The molecule has 1 fully saturated rings. The maximum Gasteiger partial charge on any atom is 0.332 e. The minimum Gasteiger partial charge on any atom is -0.356 e. The maximum absolute atomic E-state index is 13.3. The van der Waals surface area contributed by atoms with E-state index in [9.17, 15) is 9.59 Å². The Kier molecular flexibility index (Phi) is 3.12.